The number of phenolic OH excluding ortho intramolecular Hbond substituents is 1. The number of hydrogen-bond acceptors (Lipinski definition) is 6. The zero-order valence-electron chi connectivity index (χ0n) is 18.1. The number of hydrogen-bond donors (Lipinski definition) is 4. The Labute approximate surface area is 190 Å². The number of phenols is 1. The van der Waals surface area contributed by atoms with E-state index in [0.717, 1.165) is 41.7 Å². The van der Waals surface area contributed by atoms with Crippen LogP contribution in [0, 0.1) is 6.92 Å². The number of benzene rings is 1. The van der Waals surface area contributed by atoms with Gasteiger partial charge in [-0.3, -0.25) is 14.7 Å². The maximum absolute atomic E-state index is 13.0. The van der Waals surface area contributed by atoms with Crippen molar-refractivity contribution in [2.24, 2.45) is 0 Å². The van der Waals surface area contributed by atoms with Crippen molar-refractivity contribution in [2.45, 2.75) is 32.6 Å². The van der Waals surface area contributed by atoms with Crippen LogP contribution in [-0.4, -0.2) is 47.4 Å². The van der Waals surface area contributed by atoms with Gasteiger partial charge in [0, 0.05) is 24.1 Å². The highest BCUT2D eigenvalue weighted by molar-refractivity contribution is 7.17. The Kier molecular flexibility index (Phi) is 6.57. The third kappa shape index (κ3) is 4.53. The molecule has 0 spiro atoms. The topological polar surface area (TPSA) is 116 Å². The molecule has 3 aromatic rings. The fourth-order valence-corrected chi connectivity index (χ4v) is 5.13. The molecule has 32 heavy (non-hydrogen) atoms. The molecule has 1 aromatic carbocycles. The minimum atomic E-state index is -0.388. The second kappa shape index (κ2) is 9.54. The van der Waals surface area contributed by atoms with Crippen LogP contribution in [-0.2, 0) is 17.6 Å². The standard InChI is InChI=1S/C23H26N4O4S/c1-13-7-8-18(28)15(11-13)16-12-17(27-26-16)21(29)25-23-20(22(30)24-9-10-31-2)14-5-3-4-6-19(14)32-23/h7-8,11-12,28H,3-6,9-10H2,1-2H3,(H,24,30)(H,25,29)(H,26,27). The second-order valence-electron chi connectivity index (χ2n) is 7.81. The third-order valence-electron chi connectivity index (χ3n) is 5.47. The molecule has 2 heterocycles. The molecule has 0 fully saturated rings. The first-order chi connectivity index (χ1) is 15.5. The molecule has 0 radical (unpaired) electrons. The number of amides is 2. The summed E-state index contributed by atoms with van der Waals surface area (Å²) < 4.78 is 5.02. The Morgan fingerprint density at radius 1 is 1.22 bits per heavy atom. The Bertz CT molecular complexity index is 1150. The van der Waals surface area contributed by atoms with Gasteiger partial charge in [0.1, 0.15) is 16.4 Å². The second-order valence-corrected chi connectivity index (χ2v) is 8.91. The smallest absolute Gasteiger partial charge is 0.274 e. The molecule has 168 valence electrons. The number of aromatic amines is 1. The normalized spacial score (nSPS) is 12.9. The van der Waals surface area contributed by atoms with E-state index in [0.29, 0.717) is 35.0 Å². The quantitative estimate of drug-likeness (QED) is 0.407. The first kappa shape index (κ1) is 22.0. The molecule has 0 bridgehead atoms. The van der Waals surface area contributed by atoms with E-state index in [2.05, 4.69) is 20.8 Å². The lowest BCUT2D eigenvalue weighted by Gasteiger charge is -2.13. The van der Waals surface area contributed by atoms with Crippen molar-refractivity contribution in [1.29, 1.82) is 0 Å². The molecular weight excluding hydrogens is 428 g/mol. The van der Waals surface area contributed by atoms with E-state index >= 15 is 0 Å². The molecule has 2 aromatic heterocycles. The van der Waals surface area contributed by atoms with E-state index in [1.54, 1.807) is 25.3 Å². The number of carbonyl (C=O) groups excluding carboxylic acids is 2. The van der Waals surface area contributed by atoms with Crippen LogP contribution < -0.4 is 10.6 Å². The fraction of sp³-hybridized carbons (Fsp3) is 0.348. The molecule has 0 aliphatic heterocycles. The molecule has 0 atom stereocenters. The number of aromatic hydroxyl groups is 1. The predicted molar refractivity (Wildman–Crippen MR) is 124 cm³/mol. The van der Waals surface area contributed by atoms with Gasteiger partial charge in [-0.1, -0.05) is 11.6 Å². The van der Waals surface area contributed by atoms with E-state index in [-0.39, 0.29) is 23.3 Å². The van der Waals surface area contributed by atoms with Gasteiger partial charge in [0.2, 0.25) is 0 Å². The highest BCUT2D eigenvalue weighted by Crippen LogP contribution is 2.38. The van der Waals surface area contributed by atoms with Crippen molar-refractivity contribution in [3.05, 3.63) is 51.5 Å². The summed E-state index contributed by atoms with van der Waals surface area (Å²) in [6.45, 7) is 2.74. The number of nitrogens with zero attached hydrogens (tertiary/aromatic N) is 1. The predicted octanol–water partition coefficient (Wildman–Crippen LogP) is 3.66. The molecular formula is C23H26N4O4S. The maximum Gasteiger partial charge on any atom is 0.274 e. The number of methoxy groups -OCH3 is 1. The largest absolute Gasteiger partial charge is 0.507 e. The molecule has 1 aliphatic rings. The minimum absolute atomic E-state index is 0.0926. The van der Waals surface area contributed by atoms with Crippen LogP contribution in [0.15, 0.2) is 24.3 Å². The van der Waals surface area contributed by atoms with Gasteiger partial charge >= 0.3 is 0 Å². The van der Waals surface area contributed by atoms with Crippen molar-refractivity contribution in [2.75, 3.05) is 25.6 Å². The zero-order chi connectivity index (χ0) is 22.7. The SMILES string of the molecule is COCCNC(=O)c1c(NC(=O)c2cc(-c3cc(C)ccc3O)n[nH]2)sc2c1CCCC2. The Balaban J connectivity index is 1.58. The monoisotopic (exact) mass is 454 g/mol. The van der Waals surface area contributed by atoms with Crippen LogP contribution in [0.3, 0.4) is 0 Å². The van der Waals surface area contributed by atoms with Gasteiger partial charge in [-0.25, -0.2) is 0 Å². The molecule has 4 rings (SSSR count). The number of H-pyrrole nitrogens is 1. The van der Waals surface area contributed by atoms with E-state index in [4.69, 9.17) is 4.74 Å². The van der Waals surface area contributed by atoms with E-state index < -0.39 is 0 Å². The number of fused-ring (bicyclic) bond motifs is 1. The number of rotatable bonds is 7. The summed E-state index contributed by atoms with van der Waals surface area (Å²) in [4.78, 5) is 27.0. The van der Waals surface area contributed by atoms with Gasteiger partial charge in [-0.05, 0) is 56.4 Å². The summed E-state index contributed by atoms with van der Waals surface area (Å²) in [6, 6.07) is 6.80. The van der Waals surface area contributed by atoms with Crippen molar-refractivity contribution >= 4 is 28.2 Å². The van der Waals surface area contributed by atoms with Crippen LogP contribution >= 0.6 is 11.3 Å². The van der Waals surface area contributed by atoms with Crippen molar-refractivity contribution in [1.82, 2.24) is 15.5 Å². The number of ether oxygens (including phenoxy) is 1. The summed E-state index contributed by atoms with van der Waals surface area (Å²) in [6.07, 6.45) is 3.85. The van der Waals surface area contributed by atoms with Crippen LogP contribution in [0.1, 0.15) is 49.7 Å². The lowest BCUT2D eigenvalue weighted by molar-refractivity contribution is 0.0937. The van der Waals surface area contributed by atoms with Crippen LogP contribution in [0.5, 0.6) is 5.75 Å². The summed E-state index contributed by atoms with van der Waals surface area (Å²) in [5, 5.41) is 23.4. The minimum Gasteiger partial charge on any atom is -0.507 e. The lowest BCUT2D eigenvalue weighted by atomic mass is 9.95. The fourth-order valence-electron chi connectivity index (χ4n) is 3.85. The molecule has 4 N–H and O–H groups in total. The molecule has 0 saturated heterocycles. The van der Waals surface area contributed by atoms with Crippen molar-refractivity contribution in [3.8, 4) is 17.0 Å². The van der Waals surface area contributed by atoms with Crippen LogP contribution in [0.4, 0.5) is 5.00 Å². The average Bonchev–Trinajstić information content (AvgIpc) is 3.40. The van der Waals surface area contributed by atoms with Gasteiger partial charge in [-0.2, -0.15) is 5.10 Å². The average molecular weight is 455 g/mol. The number of thiophene rings is 1. The number of carbonyl (C=O) groups is 2. The lowest BCUT2D eigenvalue weighted by Crippen LogP contribution is -2.28. The Morgan fingerprint density at radius 2 is 2.03 bits per heavy atom. The number of nitrogens with one attached hydrogen (secondary N) is 3. The molecule has 1 aliphatic carbocycles. The summed E-state index contributed by atoms with van der Waals surface area (Å²) >= 11 is 1.46. The Hall–Kier alpha value is -3.17. The number of aryl methyl sites for hydroxylation is 2. The first-order valence-corrected chi connectivity index (χ1v) is 11.4. The summed E-state index contributed by atoms with van der Waals surface area (Å²) in [7, 11) is 1.58. The van der Waals surface area contributed by atoms with Gasteiger partial charge < -0.3 is 20.5 Å². The van der Waals surface area contributed by atoms with Crippen molar-refractivity contribution < 1.29 is 19.4 Å². The third-order valence-corrected chi connectivity index (χ3v) is 6.67. The first-order valence-electron chi connectivity index (χ1n) is 10.6. The summed E-state index contributed by atoms with van der Waals surface area (Å²) in [5.41, 5.74) is 3.81. The van der Waals surface area contributed by atoms with Gasteiger partial charge in [-0.15, -0.1) is 11.3 Å². The van der Waals surface area contributed by atoms with Crippen LogP contribution in [0.25, 0.3) is 11.3 Å². The van der Waals surface area contributed by atoms with E-state index in [1.807, 2.05) is 13.0 Å². The molecule has 9 heteroatoms. The molecule has 0 unspecified atom stereocenters. The highest BCUT2D eigenvalue weighted by atomic mass is 32.1. The number of anilines is 1. The van der Waals surface area contributed by atoms with E-state index in [9.17, 15) is 14.7 Å². The Morgan fingerprint density at radius 3 is 2.84 bits per heavy atom. The number of aromatic nitrogens is 2. The van der Waals surface area contributed by atoms with Crippen molar-refractivity contribution in [3.63, 3.8) is 0 Å². The highest BCUT2D eigenvalue weighted by Gasteiger charge is 2.27. The molecule has 8 nitrogen and oxygen atoms in total. The van der Waals surface area contributed by atoms with E-state index in [1.165, 1.54) is 11.3 Å². The molecule has 0 saturated carbocycles. The summed E-state index contributed by atoms with van der Waals surface area (Å²) in [5.74, 6) is -0.498. The zero-order valence-corrected chi connectivity index (χ0v) is 18.9. The molecule has 2 amide bonds. The van der Waals surface area contributed by atoms with Crippen LogP contribution in [0.2, 0.25) is 0 Å². The van der Waals surface area contributed by atoms with Gasteiger partial charge in [0.15, 0.2) is 0 Å². The van der Waals surface area contributed by atoms with Gasteiger partial charge in [0.05, 0.1) is 17.9 Å². The maximum atomic E-state index is 13.0. The van der Waals surface area contributed by atoms with Gasteiger partial charge in [0.25, 0.3) is 11.8 Å².